The summed E-state index contributed by atoms with van der Waals surface area (Å²) in [5.74, 6) is -0.377. The lowest BCUT2D eigenvalue weighted by molar-refractivity contribution is -0.137. The number of anilines is 1. The molecule has 0 aliphatic heterocycles. The standard InChI is InChI=1S/C24H20F3N7O/c1-14(2)33-13-22(31-32-33)23(35)30-21-11-28-20-8-3-15(9-19(20)21)16-10-29-34(12-16)18-6-4-17(5-7-18)24(25,26)27/h3-14,28H,1-2H3,(H,30,35). The highest BCUT2D eigenvalue weighted by Crippen LogP contribution is 2.31. The number of fused-ring (bicyclic) bond motifs is 1. The first kappa shape index (κ1) is 22.4. The Bertz CT molecular complexity index is 1510. The summed E-state index contributed by atoms with van der Waals surface area (Å²) in [5.41, 5.74) is 3.01. The summed E-state index contributed by atoms with van der Waals surface area (Å²) in [4.78, 5) is 15.8. The van der Waals surface area contributed by atoms with Crippen LogP contribution in [0.1, 0.15) is 35.9 Å². The number of nitrogens with one attached hydrogen (secondary N) is 2. The minimum atomic E-state index is -4.39. The van der Waals surface area contributed by atoms with E-state index in [2.05, 4.69) is 25.7 Å². The highest BCUT2D eigenvalue weighted by atomic mass is 19.4. The van der Waals surface area contributed by atoms with Gasteiger partial charge in [0.25, 0.3) is 5.91 Å². The molecule has 0 fully saturated rings. The maximum Gasteiger partial charge on any atom is 0.416 e. The molecule has 2 N–H and O–H groups in total. The molecule has 3 aromatic heterocycles. The van der Waals surface area contributed by atoms with Crippen molar-refractivity contribution in [3.05, 3.63) is 78.5 Å². The lowest BCUT2D eigenvalue weighted by Gasteiger charge is -2.07. The van der Waals surface area contributed by atoms with Crippen LogP contribution < -0.4 is 5.32 Å². The lowest BCUT2D eigenvalue weighted by Crippen LogP contribution is -2.12. The largest absolute Gasteiger partial charge is 0.416 e. The molecule has 0 saturated carbocycles. The van der Waals surface area contributed by atoms with Gasteiger partial charge in [0.2, 0.25) is 0 Å². The van der Waals surface area contributed by atoms with E-state index in [9.17, 15) is 18.0 Å². The van der Waals surface area contributed by atoms with Gasteiger partial charge in [-0.15, -0.1) is 5.10 Å². The molecule has 178 valence electrons. The molecule has 11 heteroatoms. The SMILES string of the molecule is CC(C)n1cc(C(=O)Nc2c[nH]c3ccc(-c4cnn(-c5ccc(C(F)(F)F)cc5)c4)cc23)nn1. The van der Waals surface area contributed by atoms with Crippen molar-refractivity contribution in [2.75, 3.05) is 5.32 Å². The maximum atomic E-state index is 12.8. The number of hydrogen-bond donors (Lipinski definition) is 2. The van der Waals surface area contributed by atoms with Crippen molar-refractivity contribution in [3.63, 3.8) is 0 Å². The van der Waals surface area contributed by atoms with Gasteiger partial charge in [0.15, 0.2) is 5.69 Å². The number of aromatic nitrogens is 6. The second-order valence-electron chi connectivity index (χ2n) is 8.31. The average molecular weight is 479 g/mol. The van der Waals surface area contributed by atoms with Gasteiger partial charge in [-0.05, 0) is 55.8 Å². The summed E-state index contributed by atoms with van der Waals surface area (Å²) >= 11 is 0. The fourth-order valence-electron chi connectivity index (χ4n) is 3.64. The minimum absolute atomic E-state index is 0.0863. The summed E-state index contributed by atoms with van der Waals surface area (Å²) in [5, 5.41) is 15.8. The molecule has 3 heterocycles. The van der Waals surface area contributed by atoms with E-state index in [4.69, 9.17) is 0 Å². The number of H-pyrrole nitrogens is 1. The van der Waals surface area contributed by atoms with E-state index in [1.165, 1.54) is 16.8 Å². The Kier molecular flexibility index (Phi) is 5.39. The molecule has 0 aliphatic rings. The molecule has 0 saturated heterocycles. The van der Waals surface area contributed by atoms with Crippen molar-refractivity contribution >= 4 is 22.5 Å². The van der Waals surface area contributed by atoms with Gasteiger partial charge in [-0.3, -0.25) is 4.79 Å². The Morgan fingerprint density at radius 3 is 2.51 bits per heavy atom. The van der Waals surface area contributed by atoms with Gasteiger partial charge in [0.05, 0.1) is 29.3 Å². The van der Waals surface area contributed by atoms with Crippen LogP contribution in [-0.4, -0.2) is 35.7 Å². The summed E-state index contributed by atoms with van der Waals surface area (Å²) in [6.07, 6.45) is 2.27. The van der Waals surface area contributed by atoms with Crippen molar-refractivity contribution in [2.45, 2.75) is 26.1 Å². The molecule has 0 aliphatic carbocycles. The van der Waals surface area contributed by atoms with Crippen molar-refractivity contribution < 1.29 is 18.0 Å². The molecule has 0 radical (unpaired) electrons. The zero-order valence-electron chi connectivity index (χ0n) is 18.7. The van der Waals surface area contributed by atoms with E-state index in [1.54, 1.807) is 29.5 Å². The summed E-state index contributed by atoms with van der Waals surface area (Å²) in [6, 6.07) is 10.6. The molecule has 5 rings (SSSR count). The second-order valence-corrected chi connectivity index (χ2v) is 8.31. The fourth-order valence-corrected chi connectivity index (χ4v) is 3.64. The molecular weight excluding hydrogens is 459 g/mol. The van der Waals surface area contributed by atoms with E-state index < -0.39 is 11.7 Å². The van der Waals surface area contributed by atoms with Crippen molar-refractivity contribution in [3.8, 4) is 16.8 Å². The molecule has 5 aromatic rings. The Morgan fingerprint density at radius 1 is 1.06 bits per heavy atom. The zero-order chi connectivity index (χ0) is 24.7. The van der Waals surface area contributed by atoms with Crippen LogP contribution in [-0.2, 0) is 6.18 Å². The van der Waals surface area contributed by atoms with Gasteiger partial charge in [-0.25, -0.2) is 9.36 Å². The Hall–Kier alpha value is -4.41. The first-order chi connectivity index (χ1) is 16.7. The molecule has 0 bridgehead atoms. The number of amides is 1. The average Bonchev–Trinajstić information content (AvgIpc) is 3.58. The van der Waals surface area contributed by atoms with Gasteiger partial charge in [0, 0.05) is 34.9 Å². The first-order valence-electron chi connectivity index (χ1n) is 10.8. The van der Waals surface area contributed by atoms with Gasteiger partial charge in [-0.1, -0.05) is 11.3 Å². The lowest BCUT2D eigenvalue weighted by atomic mass is 10.1. The topological polar surface area (TPSA) is 93.4 Å². The highest BCUT2D eigenvalue weighted by Gasteiger charge is 2.30. The highest BCUT2D eigenvalue weighted by molar-refractivity contribution is 6.08. The zero-order valence-corrected chi connectivity index (χ0v) is 18.7. The van der Waals surface area contributed by atoms with Gasteiger partial charge in [0.1, 0.15) is 0 Å². The number of nitrogens with zero attached hydrogens (tertiary/aromatic N) is 5. The smallest absolute Gasteiger partial charge is 0.359 e. The predicted molar refractivity (Wildman–Crippen MR) is 124 cm³/mol. The van der Waals surface area contributed by atoms with E-state index in [1.807, 2.05) is 32.0 Å². The third-order valence-corrected chi connectivity index (χ3v) is 5.58. The Morgan fingerprint density at radius 2 is 1.83 bits per heavy atom. The first-order valence-corrected chi connectivity index (χ1v) is 10.8. The summed E-state index contributed by atoms with van der Waals surface area (Å²) in [7, 11) is 0. The summed E-state index contributed by atoms with van der Waals surface area (Å²) < 4.78 is 41.6. The van der Waals surface area contributed by atoms with E-state index in [0.29, 0.717) is 11.4 Å². The number of halogens is 3. The van der Waals surface area contributed by atoms with Crippen molar-refractivity contribution in [2.24, 2.45) is 0 Å². The quantitative estimate of drug-likeness (QED) is 0.350. The Balaban J connectivity index is 1.40. The minimum Gasteiger partial charge on any atom is -0.359 e. The fraction of sp³-hybridized carbons (Fsp3) is 0.167. The van der Waals surface area contributed by atoms with E-state index >= 15 is 0 Å². The molecule has 35 heavy (non-hydrogen) atoms. The summed E-state index contributed by atoms with van der Waals surface area (Å²) in [6.45, 7) is 3.88. The van der Waals surface area contributed by atoms with E-state index in [0.717, 1.165) is 34.2 Å². The molecule has 0 atom stereocenters. The van der Waals surface area contributed by atoms with Crippen LogP contribution in [0.3, 0.4) is 0 Å². The maximum absolute atomic E-state index is 12.8. The van der Waals surface area contributed by atoms with Gasteiger partial charge < -0.3 is 10.3 Å². The number of hydrogen-bond acceptors (Lipinski definition) is 4. The van der Waals surface area contributed by atoms with E-state index in [-0.39, 0.29) is 17.6 Å². The van der Waals surface area contributed by atoms with Crippen molar-refractivity contribution in [1.29, 1.82) is 0 Å². The van der Waals surface area contributed by atoms with Crippen LogP contribution in [0.5, 0.6) is 0 Å². The van der Waals surface area contributed by atoms with Crippen LogP contribution in [0.15, 0.2) is 67.3 Å². The number of carbonyl (C=O) groups excluding carboxylic acids is 1. The van der Waals surface area contributed by atoms with Crippen LogP contribution in [0.4, 0.5) is 18.9 Å². The van der Waals surface area contributed by atoms with Crippen LogP contribution in [0.25, 0.3) is 27.7 Å². The number of benzene rings is 2. The number of rotatable bonds is 5. The number of carbonyl (C=O) groups is 1. The third kappa shape index (κ3) is 4.39. The van der Waals surface area contributed by atoms with Gasteiger partial charge >= 0.3 is 6.18 Å². The molecule has 8 nitrogen and oxygen atoms in total. The molecule has 0 unspecified atom stereocenters. The third-order valence-electron chi connectivity index (χ3n) is 5.58. The molecule has 1 amide bonds. The molecule has 0 spiro atoms. The normalized spacial score (nSPS) is 11.9. The molecule has 2 aromatic carbocycles. The number of alkyl halides is 3. The monoisotopic (exact) mass is 479 g/mol. The van der Waals surface area contributed by atoms with Crippen LogP contribution in [0.2, 0.25) is 0 Å². The number of aromatic amines is 1. The van der Waals surface area contributed by atoms with Gasteiger partial charge in [-0.2, -0.15) is 18.3 Å². The molecular formula is C24H20F3N7O. The Labute approximate surface area is 197 Å². The van der Waals surface area contributed by atoms with Crippen molar-refractivity contribution in [1.82, 2.24) is 29.8 Å². The predicted octanol–water partition coefficient (Wildman–Crippen LogP) is 5.46. The van der Waals surface area contributed by atoms with Crippen LogP contribution in [0, 0.1) is 0 Å². The van der Waals surface area contributed by atoms with Crippen LogP contribution >= 0.6 is 0 Å². The second kappa shape index (κ2) is 8.42.